The molecule has 1 aliphatic heterocycles. The van der Waals surface area contributed by atoms with Crippen LogP contribution in [0.3, 0.4) is 0 Å². The van der Waals surface area contributed by atoms with Crippen molar-refractivity contribution in [3.8, 4) is 0 Å². The minimum absolute atomic E-state index is 0.0515. The normalized spacial score (nSPS) is 26.1. The van der Waals surface area contributed by atoms with Crippen LogP contribution in [0, 0.1) is 5.92 Å². The van der Waals surface area contributed by atoms with Crippen molar-refractivity contribution in [2.75, 3.05) is 0 Å². The highest BCUT2D eigenvalue weighted by Crippen LogP contribution is 2.44. The number of carbonyl (C=O) groups excluding carboxylic acids is 2. The van der Waals surface area contributed by atoms with Gasteiger partial charge in [-0.2, -0.15) is 13.2 Å². The maximum Gasteiger partial charge on any atom is 0.437 e. The smallest absolute Gasteiger partial charge is 0.363 e. The fraction of sp³-hybridized carbons (Fsp3) is 0.250. The SMILES string of the molecule is O=C1N[C@H](c2cccc(Br)c2)[C@H](C(=O)c2cccs2)[C@](O)(C(F)(F)F)N1. The van der Waals surface area contributed by atoms with E-state index in [4.69, 9.17) is 0 Å². The Morgan fingerprint density at radius 1 is 1.27 bits per heavy atom. The van der Waals surface area contributed by atoms with Crippen LogP contribution in [0.1, 0.15) is 21.3 Å². The number of halogens is 4. The van der Waals surface area contributed by atoms with Crippen molar-refractivity contribution in [3.05, 3.63) is 56.7 Å². The lowest BCUT2D eigenvalue weighted by Gasteiger charge is -2.44. The predicted octanol–water partition coefficient (Wildman–Crippen LogP) is 3.61. The van der Waals surface area contributed by atoms with Gasteiger partial charge in [0.1, 0.15) is 5.92 Å². The first-order valence-electron chi connectivity index (χ1n) is 7.34. The van der Waals surface area contributed by atoms with E-state index in [-0.39, 0.29) is 10.4 Å². The zero-order valence-corrected chi connectivity index (χ0v) is 15.3. The number of benzene rings is 1. The maximum absolute atomic E-state index is 13.7. The highest BCUT2D eigenvalue weighted by molar-refractivity contribution is 9.10. The summed E-state index contributed by atoms with van der Waals surface area (Å²) in [4.78, 5) is 24.7. The molecular formula is C16H12BrF3N2O3S. The van der Waals surface area contributed by atoms with Crippen LogP contribution in [0.15, 0.2) is 46.3 Å². The Morgan fingerprint density at radius 3 is 2.58 bits per heavy atom. The third-order valence-electron chi connectivity index (χ3n) is 4.06. The van der Waals surface area contributed by atoms with Gasteiger partial charge in [-0.1, -0.05) is 34.1 Å². The zero-order valence-electron chi connectivity index (χ0n) is 12.9. The Hall–Kier alpha value is -1.91. The van der Waals surface area contributed by atoms with Crippen LogP contribution < -0.4 is 10.6 Å². The molecule has 1 saturated heterocycles. The van der Waals surface area contributed by atoms with Crippen LogP contribution in [0.5, 0.6) is 0 Å². The number of aliphatic hydroxyl groups is 1. The third kappa shape index (κ3) is 3.24. The molecule has 1 aromatic carbocycles. The molecule has 1 aromatic heterocycles. The van der Waals surface area contributed by atoms with E-state index in [0.29, 0.717) is 4.47 Å². The summed E-state index contributed by atoms with van der Waals surface area (Å²) in [7, 11) is 0. The molecule has 1 aliphatic rings. The molecule has 0 saturated carbocycles. The number of hydrogen-bond acceptors (Lipinski definition) is 4. The number of hydrogen-bond donors (Lipinski definition) is 3. The van der Waals surface area contributed by atoms with Gasteiger partial charge in [-0.15, -0.1) is 11.3 Å². The van der Waals surface area contributed by atoms with Crippen LogP contribution in [0.2, 0.25) is 0 Å². The average Bonchev–Trinajstić information content (AvgIpc) is 3.07. The number of Topliss-reactive ketones (excluding diaryl/α,β-unsaturated/α-hetero) is 1. The van der Waals surface area contributed by atoms with E-state index < -0.39 is 35.7 Å². The second-order valence-electron chi connectivity index (χ2n) is 5.71. The molecule has 0 spiro atoms. The van der Waals surface area contributed by atoms with Gasteiger partial charge in [-0.25, -0.2) is 4.79 Å². The van der Waals surface area contributed by atoms with Gasteiger partial charge in [0.25, 0.3) is 0 Å². The monoisotopic (exact) mass is 448 g/mol. The van der Waals surface area contributed by atoms with Crippen molar-refractivity contribution >= 4 is 39.1 Å². The van der Waals surface area contributed by atoms with Gasteiger partial charge in [0.15, 0.2) is 5.78 Å². The lowest BCUT2D eigenvalue weighted by molar-refractivity contribution is -0.287. The number of rotatable bonds is 3. The van der Waals surface area contributed by atoms with E-state index in [1.165, 1.54) is 29.6 Å². The summed E-state index contributed by atoms with van der Waals surface area (Å²) in [5.74, 6) is -2.93. The number of ketones is 1. The molecule has 1 fully saturated rings. The van der Waals surface area contributed by atoms with Crippen LogP contribution in [0.4, 0.5) is 18.0 Å². The number of nitrogens with one attached hydrogen (secondary N) is 2. The molecule has 26 heavy (non-hydrogen) atoms. The third-order valence-corrected chi connectivity index (χ3v) is 5.44. The Kier molecular flexibility index (Phi) is 4.84. The highest BCUT2D eigenvalue weighted by Gasteiger charge is 2.66. The Labute approximate surface area is 158 Å². The Balaban J connectivity index is 2.16. The average molecular weight is 449 g/mol. The molecule has 138 valence electrons. The van der Waals surface area contributed by atoms with E-state index in [0.717, 1.165) is 11.3 Å². The molecule has 0 radical (unpaired) electrons. The molecule has 5 nitrogen and oxygen atoms in total. The molecular weight excluding hydrogens is 437 g/mol. The van der Waals surface area contributed by atoms with E-state index in [1.54, 1.807) is 17.5 Å². The number of thiophene rings is 1. The second-order valence-corrected chi connectivity index (χ2v) is 7.58. The van der Waals surface area contributed by atoms with E-state index in [2.05, 4.69) is 21.2 Å². The minimum Gasteiger partial charge on any atom is -0.363 e. The molecule has 10 heteroatoms. The van der Waals surface area contributed by atoms with E-state index >= 15 is 0 Å². The van der Waals surface area contributed by atoms with Gasteiger partial charge in [-0.05, 0) is 29.1 Å². The lowest BCUT2D eigenvalue weighted by Crippen LogP contribution is -2.72. The van der Waals surface area contributed by atoms with Crippen LogP contribution >= 0.6 is 27.3 Å². The fourth-order valence-corrected chi connectivity index (χ4v) is 4.01. The number of alkyl halides is 3. The van der Waals surface area contributed by atoms with Gasteiger partial charge in [-0.3, -0.25) is 4.79 Å². The van der Waals surface area contributed by atoms with Gasteiger partial charge in [0, 0.05) is 4.47 Å². The summed E-state index contributed by atoms with van der Waals surface area (Å²) in [6.07, 6.45) is -5.26. The number of carbonyl (C=O) groups is 2. The topological polar surface area (TPSA) is 78.4 Å². The standard InChI is InChI=1S/C16H12BrF3N2O3S/c17-9-4-1-3-8(7-9)12-11(13(23)10-5-2-6-26-10)15(25,16(18,19)20)22-14(24)21-12/h1-7,11-12,25H,(H2,21,22,24)/t11-,12-,15+/m1/s1. The van der Waals surface area contributed by atoms with Crippen molar-refractivity contribution in [2.45, 2.75) is 17.9 Å². The molecule has 3 atom stereocenters. The molecule has 0 aliphatic carbocycles. The van der Waals surface area contributed by atoms with Gasteiger partial charge < -0.3 is 15.7 Å². The van der Waals surface area contributed by atoms with Crippen LogP contribution in [0.25, 0.3) is 0 Å². The van der Waals surface area contributed by atoms with E-state index in [9.17, 15) is 27.9 Å². The first-order valence-corrected chi connectivity index (χ1v) is 9.02. The summed E-state index contributed by atoms with van der Waals surface area (Å²) in [6, 6.07) is 6.48. The van der Waals surface area contributed by atoms with Crippen molar-refractivity contribution in [3.63, 3.8) is 0 Å². The van der Waals surface area contributed by atoms with Crippen molar-refractivity contribution in [1.29, 1.82) is 0 Å². The summed E-state index contributed by atoms with van der Waals surface area (Å²) in [5, 5.41) is 15.8. The summed E-state index contributed by atoms with van der Waals surface area (Å²) in [6.45, 7) is 0. The zero-order chi connectivity index (χ0) is 19.1. The summed E-state index contributed by atoms with van der Waals surface area (Å²) in [5.41, 5.74) is -3.45. The molecule has 2 heterocycles. The first-order chi connectivity index (χ1) is 12.1. The predicted molar refractivity (Wildman–Crippen MR) is 91.7 cm³/mol. The highest BCUT2D eigenvalue weighted by atomic mass is 79.9. The fourth-order valence-electron chi connectivity index (χ4n) is 2.89. The molecule has 0 unspecified atom stereocenters. The van der Waals surface area contributed by atoms with Crippen LogP contribution in [-0.2, 0) is 0 Å². The molecule has 3 rings (SSSR count). The Bertz CT molecular complexity index is 844. The number of amides is 2. The Morgan fingerprint density at radius 2 is 2.00 bits per heavy atom. The molecule has 2 amide bonds. The lowest BCUT2D eigenvalue weighted by atomic mass is 9.78. The molecule has 2 aromatic rings. The summed E-state index contributed by atoms with van der Waals surface area (Å²) >= 11 is 4.17. The van der Waals surface area contributed by atoms with Gasteiger partial charge in [0.05, 0.1) is 10.9 Å². The number of urea groups is 1. The first kappa shape index (κ1) is 18.9. The maximum atomic E-state index is 13.7. The van der Waals surface area contributed by atoms with Gasteiger partial charge >= 0.3 is 12.2 Å². The molecule has 3 N–H and O–H groups in total. The van der Waals surface area contributed by atoms with Crippen LogP contribution in [-0.4, -0.2) is 28.8 Å². The van der Waals surface area contributed by atoms with Crippen molar-refractivity contribution in [1.82, 2.24) is 10.6 Å². The second kappa shape index (κ2) is 6.67. The van der Waals surface area contributed by atoms with Gasteiger partial charge in [0.2, 0.25) is 5.72 Å². The summed E-state index contributed by atoms with van der Waals surface area (Å²) < 4.78 is 41.6. The van der Waals surface area contributed by atoms with Crippen molar-refractivity contribution < 1.29 is 27.9 Å². The largest absolute Gasteiger partial charge is 0.437 e. The minimum atomic E-state index is -5.26. The van der Waals surface area contributed by atoms with E-state index in [1.807, 2.05) is 0 Å². The van der Waals surface area contributed by atoms with Crippen molar-refractivity contribution in [2.24, 2.45) is 5.92 Å². The molecule has 0 bridgehead atoms. The quantitative estimate of drug-likeness (QED) is 0.627.